The molecule has 0 unspecified atom stereocenters. The molecule has 0 aliphatic rings. The zero-order valence-corrected chi connectivity index (χ0v) is 46.4. The Kier molecular flexibility index (Phi) is 9.79. The number of benzene rings is 10. The monoisotopic (exact) mass is 912 g/mol. The summed E-state index contributed by atoms with van der Waals surface area (Å²) in [4.78, 5) is 0. The van der Waals surface area contributed by atoms with Crippen molar-refractivity contribution in [3.63, 3.8) is 0 Å². The molecule has 0 saturated heterocycles. The Morgan fingerprint density at radius 1 is 0.227 bits per heavy atom. The van der Waals surface area contributed by atoms with Crippen molar-refractivity contribution in [3.05, 3.63) is 126 Å². The van der Waals surface area contributed by atoms with Gasteiger partial charge in [-0.25, -0.2) is 0 Å². The summed E-state index contributed by atoms with van der Waals surface area (Å²) in [5.41, 5.74) is 4.06. The first-order chi connectivity index (χ1) is 30.5. The molecule has 10 aromatic carbocycles. The van der Waals surface area contributed by atoms with Crippen LogP contribution in [0.5, 0.6) is 0 Å². The Bertz CT molecular complexity index is 3060. The molecule has 0 spiro atoms. The molecular weight excluding hydrogens is 841 g/mol. The second-order valence-electron chi connectivity index (χ2n) is 26.3. The first-order valence-electron chi connectivity index (χ1n) is 24.7. The summed E-state index contributed by atoms with van der Waals surface area (Å²) in [6, 6.07) is 45.4. The van der Waals surface area contributed by atoms with Crippen molar-refractivity contribution >= 4 is 137 Å². The predicted molar refractivity (Wildman–Crippen MR) is 309 cm³/mol. The van der Waals surface area contributed by atoms with E-state index >= 15 is 0 Å². The van der Waals surface area contributed by atoms with Gasteiger partial charge in [-0.3, -0.25) is 0 Å². The van der Waals surface area contributed by atoms with Crippen LogP contribution in [0.3, 0.4) is 0 Å². The van der Waals surface area contributed by atoms with Crippen molar-refractivity contribution in [2.24, 2.45) is 0 Å². The summed E-state index contributed by atoms with van der Waals surface area (Å²) in [6.07, 6.45) is 0. The van der Waals surface area contributed by atoms with Crippen molar-refractivity contribution in [2.45, 2.75) is 137 Å². The van der Waals surface area contributed by atoms with Gasteiger partial charge >= 0.3 is 0 Å². The summed E-state index contributed by atoms with van der Waals surface area (Å²) in [5.74, 6) is 0. The lowest BCUT2D eigenvalue weighted by Crippen LogP contribution is -2.37. The molecule has 0 atom stereocenters. The van der Waals surface area contributed by atoms with Gasteiger partial charge in [0.05, 0.1) is 24.2 Å². The van der Waals surface area contributed by atoms with Crippen LogP contribution in [0.1, 0.15) is 79.0 Å². The van der Waals surface area contributed by atoms with Gasteiger partial charge in [0.15, 0.2) is 0 Å². The van der Waals surface area contributed by atoms with Gasteiger partial charge in [-0.15, -0.1) is 0 Å². The highest BCUT2D eigenvalue weighted by molar-refractivity contribution is 6.90. The van der Waals surface area contributed by atoms with E-state index in [1.54, 1.807) is 0 Å². The zero-order valence-electron chi connectivity index (χ0n) is 43.4. The van der Waals surface area contributed by atoms with Crippen LogP contribution in [-0.2, 0) is 16.2 Å². The van der Waals surface area contributed by atoms with Crippen molar-refractivity contribution in [1.29, 1.82) is 0 Å². The lowest BCUT2D eigenvalue weighted by atomic mass is 9.77. The fourth-order valence-electron chi connectivity index (χ4n) is 11.1. The third-order valence-electron chi connectivity index (χ3n) is 15.3. The molecule has 66 heavy (non-hydrogen) atoms. The van der Waals surface area contributed by atoms with E-state index in [4.69, 9.17) is 0 Å². The van der Waals surface area contributed by atoms with E-state index in [0.717, 1.165) is 0 Å². The van der Waals surface area contributed by atoms with Crippen LogP contribution < -0.4 is 15.6 Å². The average molecular weight is 914 g/mol. The van der Waals surface area contributed by atoms with Crippen LogP contribution in [-0.4, -0.2) is 24.2 Å². The summed E-state index contributed by atoms with van der Waals surface area (Å²) >= 11 is 0. The molecule has 336 valence electrons. The van der Waals surface area contributed by atoms with Crippen LogP contribution in [0.15, 0.2) is 109 Å². The highest BCUT2D eigenvalue weighted by Crippen LogP contribution is 2.53. The highest BCUT2D eigenvalue weighted by Gasteiger charge is 2.29. The fourth-order valence-corrected chi connectivity index (χ4v) is 14.6. The summed E-state index contributed by atoms with van der Waals surface area (Å²) in [6.45, 7) is 44.1. The van der Waals surface area contributed by atoms with Crippen LogP contribution in [0.2, 0.25) is 58.9 Å². The molecule has 0 N–H and O–H groups in total. The van der Waals surface area contributed by atoms with Gasteiger partial charge in [0.25, 0.3) is 0 Å². The van der Waals surface area contributed by atoms with E-state index < -0.39 is 24.2 Å². The largest absolute Gasteiger partial charge is 0.0776 e. The molecule has 10 aromatic rings. The van der Waals surface area contributed by atoms with Gasteiger partial charge < -0.3 is 0 Å². The van der Waals surface area contributed by atoms with Gasteiger partial charge in [0.1, 0.15) is 0 Å². The molecular formula is C63H72Si3. The predicted octanol–water partition coefficient (Wildman–Crippen LogP) is 17.6. The molecule has 0 nitrogen and oxygen atoms in total. The summed E-state index contributed by atoms with van der Waals surface area (Å²) < 4.78 is 0. The van der Waals surface area contributed by atoms with Gasteiger partial charge in [0.2, 0.25) is 0 Å². The maximum absolute atomic E-state index is 2.66. The highest BCUT2D eigenvalue weighted by atomic mass is 28.3. The van der Waals surface area contributed by atoms with E-state index in [9.17, 15) is 0 Å². The van der Waals surface area contributed by atoms with E-state index in [1.807, 2.05) is 0 Å². The third-order valence-corrected chi connectivity index (χ3v) is 21.4. The topological polar surface area (TPSA) is 0 Å². The zero-order chi connectivity index (χ0) is 47.6. The standard InChI is InChI=1S/C63H72Si3/c1-61(2,3)37-19-25-43-46-28-22-40(64(10,11)12)34-52(46)58-55(49(43)31-37)59-53-35-41(65(13,14)15)23-29-47(53)44-26-20-38(62(4,5)6)32-50(44)57(59)60-54-36-42(66(16,17)18)24-30-48(54)45-27-21-39(63(7,8)9)33-51(45)56(58)60/h19-36H,1-18H3. The van der Waals surface area contributed by atoms with Gasteiger partial charge in [-0.05, 0) is 148 Å². The average Bonchev–Trinajstić information content (AvgIpc) is 3.22. The quantitative estimate of drug-likeness (QED) is 0.122. The van der Waals surface area contributed by atoms with Crippen molar-refractivity contribution < 1.29 is 0 Å². The van der Waals surface area contributed by atoms with E-state index in [1.165, 1.54) is 129 Å². The minimum atomic E-state index is -1.74. The minimum Gasteiger partial charge on any atom is -0.0656 e. The number of rotatable bonds is 3. The van der Waals surface area contributed by atoms with Gasteiger partial charge in [-0.1, -0.05) is 228 Å². The maximum atomic E-state index is 2.66. The third kappa shape index (κ3) is 7.00. The fraction of sp³-hybridized carbons (Fsp3) is 0.333. The maximum Gasteiger partial charge on any atom is 0.0776 e. The molecule has 10 rings (SSSR count). The lowest BCUT2D eigenvalue weighted by molar-refractivity contribution is 0.591. The lowest BCUT2D eigenvalue weighted by Gasteiger charge is -2.27. The van der Waals surface area contributed by atoms with Crippen molar-refractivity contribution in [2.75, 3.05) is 0 Å². The Labute approximate surface area is 397 Å². The molecule has 0 aromatic heterocycles. The van der Waals surface area contributed by atoms with Crippen LogP contribution in [0.4, 0.5) is 0 Å². The minimum absolute atomic E-state index is 0.0249. The summed E-state index contributed by atoms with van der Waals surface area (Å²) in [7, 11) is -5.23. The molecule has 0 aliphatic heterocycles. The van der Waals surface area contributed by atoms with Crippen LogP contribution >= 0.6 is 0 Å². The molecule has 0 amide bonds. The van der Waals surface area contributed by atoms with E-state index in [0.29, 0.717) is 0 Å². The molecule has 3 heteroatoms. The van der Waals surface area contributed by atoms with Crippen LogP contribution in [0.25, 0.3) is 97.0 Å². The molecule has 0 bridgehead atoms. The first-order valence-corrected chi connectivity index (χ1v) is 35.2. The summed E-state index contributed by atoms with van der Waals surface area (Å²) in [5, 5.41) is 29.5. The Hall–Kier alpha value is -4.81. The molecule has 0 fully saturated rings. The second-order valence-corrected chi connectivity index (χ2v) is 41.5. The van der Waals surface area contributed by atoms with E-state index in [-0.39, 0.29) is 16.2 Å². The molecule has 0 heterocycles. The smallest absolute Gasteiger partial charge is 0.0656 e. The van der Waals surface area contributed by atoms with Crippen molar-refractivity contribution in [3.8, 4) is 0 Å². The Balaban J connectivity index is 1.72. The van der Waals surface area contributed by atoms with Gasteiger partial charge in [-0.2, -0.15) is 0 Å². The normalized spacial score (nSPS) is 13.9. The Morgan fingerprint density at radius 3 is 0.591 bits per heavy atom. The number of fused-ring (bicyclic) bond motifs is 21. The number of hydrogen-bond acceptors (Lipinski definition) is 0. The molecule has 0 aliphatic carbocycles. The molecule has 0 saturated carbocycles. The van der Waals surface area contributed by atoms with Crippen LogP contribution in [0, 0.1) is 0 Å². The van der Waals surface area contributed by atoms with Gasteiger partial charge in [0, 0.05) is 0 Å². The van der Waals surface area contributed by atoms with E-state index in [2.05, 4.69) is 230 Å². The molecule has 0 radical (unpaired) electrons. The number of hydrogen-bond donors (Lipinski definition) is 0. The SMILES string of the molecule is CC(C)(C)c1ccc2c3ccc([Si](C)(C)C)cc3c3c(c2c1)c1c2cc([Si](C)(C)C)ccc2c2ccc(C(C)(C)C)cc2c1c1c2cc([Si](C)(C)C)ccc2c2ccc(C(C)(C)C)cc2c31. The first kappa shape index (κ1) is 45.0. The Morgan fingerprint density at radius 2 is 0.409 bits per heavy atom. The second kappa shape index (κ2) is 14.4. The van der Waals surface area contributed by atoms with Crippen molar-refractivity contribution in [1.82, 2.24) is 0 Å².